The van der Waals surface area contributed by atoms with E-state index in [-0.39, 0.29) is 5.91 Å². The fourth-order valence-corrected chi connectivity index (χ4v) is 4.46. The van der Waals surface area contributed by atoms with Gasteiger partial charge in [0.2, 0.25) is 5.91 Å². The van der Waals surface area contributed by atoms with Crippen LogP contribution in [0.25, 0.3) is 0 Å². The zero-order valence-electron chi connectivity index (χ0n) is 13.3. The number of amides is 1. The summed E-state index contributed by atoms with van der Waals surface area (Å²) in [5.41, 5.74) is 1.17. The van der Waals surface area contributed by atoms with Crippen LogP contribution in [-0.4, -0.2) is 23.8 Å². The molecule has 1 aliphatic rings. The number of ether oxygens (including phenoxy) is 1. The van der Waals surface area contributed by atoms with E-state index >= 15 is 0 Å². The summed E-state index contributed by atoms with van der Waals surface area (Å²) in [6.45, 7) is 2.27. The summed E-state index contributed by atoms with van der Waals surface area (Å²) in [6, 6.07) is 7.72. The molecular formula is C17H20N2O2S2. The predicted molar refractivity (Wildman–Crippen MR) is 95.7 cm³/mol. The van der Waals surface area contributed by atoms with Crippen LogP contribution in [0.15, 0.2) is 29.2 Å². The highest BCUT2D eigenvalue weighted by Gasteiger charge is 2.20. The number of aromatic nitrogens is 1. The van der Waals surface area contributed by atoms with Crippen molar-refractivity contribution in [3.8, 4) is 5.75 Å². The van der Waals surface area contributed by atoms with Crippen LogP contribution in [0, 0.1) is 5.92 Å². The van der Waals surface area contributed by atoms with Crippen molar-refractivity contribution < 1.29 is 9.53 Å². The molecular weight excluding hydrogens is 328 g/mol. The van der Waals surface area contributed by atoms with E-state index in [1.54, 1.807) is 18.4 Å². The van der Waals surface area contributed by atoms with Crippen LogP contribution in [0.2, 0.25) is 0 Å². The predicted octanol–water partition coefficient (Wildman–Crippen LogP) is 4.01. The van der Waals surface area contributed by atoms with Gasteiger partial charge in [0.1, 0.15) is 5.75 Å². The van der Waals surface area contributed by atoms with Crippen LogP contribution in [-0.2, 0) is 17.6 Å². The minimum atomic E-state index is -0.00929. The number of methoxy groups -OCH3 is 1. The molecule has 1 amide bonds. The Balaban J connectivity index is 1.53. The topological polar surface area (TPSA) is 51.2 Å². The molecule has 0 spiro atoms. The molecule has 0 saturated carbocycles. The molecule has 0 aliphatic heterocycles. The number of hydrogen-bond donors (Lipinski definition) is 1. The van der Waals surface area contributed by atoms with Crippen molar-refractivity contribution in [2.75, 3.05) is 18.2 Å². The third-order valence-electron chi connectivity index (χ3n) is 3.86. The van der Waals surface area contributed by atoms with E-state index in [1.807, 2.05) is 24.3 Å². The summed E-state index contributed by atoms with van der Waals surface area (Å²) in [6.07, 6.45) is 3.31. The highest BCUT2D eigenvalue weighted by Crippen LogP contribution is 2.32. The molecule has 1 atom stereocenters. The van der Waals surface area contributed by atoms with Crippen molar-refractivity contribution in [1.82, 2.24) is 4.98 Å². The summed E-state index contributed by atoms with van der Waals surface area (Å²) in [7, 11) is 1.64. The van der Waals surface area contributed by atoms with E-state index in [9.17, 15) is 4.79 Å². The lowest BCUT2D eigenvalue weighted by Gasteiger charge is -2.15. The number of thioether (sulfide) groups is 1. The Labute approximate surface area is 144 Å². The summed E-state index contributed by atoms with van der Waals surface area (Å²) >= 11 is 3.14. The first-order valence-electron chi connectivity index (χ1n) is 7.69. The van der Waals surface area contributed by atoms with Gasteiger partial charge in [-0.3, -0.25) is 4.79 Å². The quantitative estimate of drug-likeness (QED) is 0.830. The largest absolute Gasteiger partial charge is 0.497 e. The van der Waals surface area contributed by atoms with Gasteiger partial charge >= 0.3 is 0 Å². The van der Waals surface area contributed by atoms with Gasteiger partial charge in [0.15, 0.2) is 5.13 Å². The zero-order valence-corrected chi connectivity index (χ0v) is 14.9. The number of benzene rings is 1. The van der Waals surface area contributed by atoms with Gasteiger partial charge in [0, 0.05) is 9.77 Å². The van der Waals surface area contributed by atoms with E-state index in [1.165, 1.54) is 28.8 Å². The molecule has 1 aromatic heterocycles. The number of anilines is 1. The summed E-state index contributed by atoms with van der Waals surface area (Å²) in [4.78, 5) is 19.0. The second-order valence-electron chi connectivity index (χ2n) is 5.75. The SMILES string of the molecule is COc1ccc(SCC(=O)Nc2nc3c(s2)CC(C)CC3)cc1. The van der Waals surface area contributed by atoms with Crippen molar-refractivity contribution in [3.63, 3.8) is 0 Å². The van der Waals surface area contributed by atoms with Gasteiger partial charge in [-0.25, -0.2) is 4.98 Å². The molecule has 0 radical (unpaired) electrons. The zero-order chi connectivity index (χ0) is 16.2. The maximum absolute atomic E-state index is 12.1. The van der Waals surface area contributed by atoms with Crippen LogP contribution in [0.5, 0.6) is 5.75 Å². The van der Waals surface area contributed by atoms with E-state index in [0.29, 0.717) is 5.75 Å². The summed E-state index contributed by atoms with van der Waals surface area (Å²) in [5, 5.41) is 3.67. The maximum Gasteiger partial charge on any atom is 0.236 e. The lowest BCUT2D eigenvalue weighted by molar-refractivity contribution is -0.113. The molecule has 0 bridgehead atoms. The fraction of sp³-hybridized carbons (Fsp3) is 0.412. The molecule has 0 fully saturated rings. The molecule has 1 aromatic carbocycles. The maximum atomic E-state index is 12.1. The smallest absolute Gasteiger partial charge is 0.236 e. The van der Waals surface area contributed by atoms with Crippen molar-refractivity contribution in [1.29, 1.82) is 0 Å². The fourth-order valence-electron chi connectivity index (χ4n) is 2.57. The molecule has 1 aliphatic carbocycles. The first-order valence-corrected chi connectivity index (χ1v) is 9.49. The van der Waals surface area contributed by atoms with Crippen molar-refractivity contribution in [2.45, 2.75) is 31.1 Å². The van der Waals surface area contributed by atoms with Gasteiger partial charge in [0.05, 0.1) is 18.6 Å². The van der Waals surface area contributed by atoms with Crippen molar-refractivity contribution >= 4 is 34.1 Å². The number of nitrogens with one attached hydrogen (secondary N) is 1. The highest BCUT2D eigenvalue weighted by atomic mass is 32.2. The minimum absolute atomic E-state index is 0.00929. The molecule has 1 N–H and O–H groups in total. The molecule has 1 unspecified atom stereocenters. The number of aryl methyl sites for hydroxylation is 1. The Morgan fingerprint density at radius 3 is 2.96 bits per heavy atom. The Morgan fingerprint density at radius 2 is 2.22 bits per heavy atom. The van der Waals surface area contributed by atoms with Gasteiger partial charge in [0.25, 0.3) is 0 Å². The van der Waals surface area contributed by atoms with Crippen LogP contribution in [0.3, 0.4) is 0 Å². The number of thiazole rings is 1. The normalized spacial score (nSPS) is 16.7. The van der Waals surface area contributed by atoms with Gasteiger partial charge in [-0.05, 0) is 49.4 Å². The lowest BCUT2D eigenvalue weighted by atomic mass is 9.93. The Morgan fingerprint density at radius 1 is 1.43 bits per heavy atom. The van der Waals surface area contributed by atoms with Gasteiger partial charge in [-0.1, -0.05) is 6.92 Å². The van der Waals surface area contributed by atoms with Gasteiger partial charge in [-0.2, -0.15) is 0 Å². The number of hydrogen-bond acceptors (Lipinski definition) is 5. The average molecular weight is 348 g/mol. The molecule has 1 heterocycles. The molecule has 4 nitrogen and oxygen atoms in total. The average Bonchev–Trinajstić information content (AvgIpc) is 2.94. The number of rotatable bonds is 5. The first-order chi connectivity index (χ1) is 11.1. The van der Waals surface area contributed by atoms with Crippen LogP contribution in [0.1, 0.15) is 23.9 Å². The van der Waals surface area contributed by atoms with E-state index in [2.05, 4.69) is 17.2 Å². The number of carbonyl (C=O) groups is 1. The van der Waals surface area contributed by atoms with Crippen LogP contribution < -0.4 is 10.1 Å². The number of nitrogens with zero attached hydrogens (tertiary/aromatic N) is 1. The van der Waals surface area contributed by atoms with Gasteiger partial charge < -0.3 is 10.1 Å². The first kappa shape index (κ1) is 16.3. The van der Waals surface area contributed by atoms with Crippen LogP contribution in [0.4, 0.5) is 5.13 Å². The summed E-state index contributed by atoms with van der Waals surface area (Å²) < 4.78 is 5.13. The molecule has 23 heavy (non-hydrogen) atoms. The van der Waals surface area contributed by atoms with E-state index in [0.717, 1.165) is 34.5 Å². The Kier molecular flexibility index (Phi) is 5.23. The van der Waals surface area contributed by atoms with Crippen molar-refractivity contribution in [2.24, 2.45) is 5.92 Å². The Hall–Kier alpha value is -1.53. The second-order valence-corrected chi connectivity index (χ2v) is 7.88. The molecule has 122 valence electrons. The van der Waals surface area contributed by atoms with Crippen LogP contribution >= 0.6 is 23.1 Å². The monoisotopic (exact) mass is 348 g/mol. The summed E-state index contributed by atoms with van der Waals surface area (Å²) in [5.74, 6) is 1.91. The lowest BCUT2D eigenvalue weighted by Crippen LogP contribution is -2.14. The third kappa shape index (κ3) is 4.26. The van der Waals surface area contributed by atoms with E-state index in [4.69, 9.17) is 4.74 Å². The Bertz CT molecular complexity index is 682. The molecule has 2 aromatic rings. The minimum Gasteiger partial charge on any atom is -0.497 e. The standard InChI is InChI=1S/C17H20N2O2S2/c1-11-3-8-14-15(9-11)23-17(18-14)19-16(20)10-22-13-6-4-12(21-2)5-7-13/h4-7,11H,3,8-10H2,1-2H3,(H,18,19,20). The second kappa shape index (κ2) is 7.36. The van der Waals surface area contributed by atoms with Crippen molar-refractivity contribution in [3.05, 3.63) is 34.8 Å². The molecule has 3 rings (SSSR count). The van der Waals surface area contributed by atoms with Gasteiger partial charge in [-0.15, -0.1) is 23.1 Å². The third-order valence-corrected chi connectivity index (χ3v) is 5.91. The number of fused-ring (bicyclic) bond motifs is 1. The highest BCUT2D eigenvalue weighted by molar-refractivity contribution is 8.00. The molecule has 0 saturated heterocycles. The molecule has 6 heteroatoms. The van der Waals surface area contributed by atoms with E-state index < -0.39 is 0 Å². The number of carbonyl (C=O) groups excluding carboxylic acids is 1.